The summed E-state index contributed by atoms with van der Waals surface area (Å²) < 4.78 is 12.7. The van der Waals surface area contributed by atoms with Crippen molar-refractivity contribution in [2.45, 2.75) is 38.5 Å². The number of fused-ring (bicyclic) bond motifs is 1. The molecule has 3 aromatic carbocycles. The van der Waals surface area contributed by atoms with Gasteiger partial charge in [-0.3, -0.25) is 4.79 Å². The van der Waals surface area contributed by atoms with E-state index in [1.807, 2.05) is 84.9 Å². The fourth-order valence-corrected chi connectivity index (χ4v) is 4.01. The van der Waals surface area contributed by atoms with Crippen molar-refractivity contribution in [3.05, 3.63) is 108 Å². The number of aliphatic hydroxyl groups is 1. The van der Waals surface area contributed by atoms with Crippen molar-refractivity contribution in [3.8, 4) is 0 Å². The van der Waals surface area contributed by atoms with Gasteiger partial charge in [-0.15, -0.1) is 0 Å². The van der Waals surface area contributed by atoms with Gasteiger partial charge in [0.05, 0.1) is 12.6 Å². The number of carboxylic acids is 1. The molecule has 0 aliphatic rings. The van der Waals surface area contributed by atoms with E-state index in [-0.39, 0.29) is 26.2 Å². The number of carboxylic acid groups (broad SMARTS) is 1. The summed E-state index contributed by atoms with van der Waals surface area (Å²) in [5.41, 5.74) is 3.23. The third-order valence-electron chi connectivity index (χ3n) is 5.74. The Bertz CT molecular complexity index is 1290. The summed E-state index contributed by atoms with van der Waals surface area (Å²) in [6.07, 6.45) is -0.104. The van der Waals surface area contributed by atoms with Crippen LogP contribution in [-0.4, -0.2) is 39.2 Å². The molecule has 0 saturated carbocycles. The maximum Gasteiger partial charge on any atom is 0.407 e. The molecule has 0 unspecified atom stereocenters. The molecule has 1 heterocycles. The van der Waals surface area contributed by atoms with Gasteiger partial charge in [0.2, 0.25) is 0 Å². The predicted octanol–water partition coefficient (Wildman–Crippen LogP) is 4.10. The monoisotopic (exact) mass is 488 g/mol. The number of para-hydroxylation sites is 1. The third-order valence-corrected chi connectivity index (χ3v) is 5.74. The molecule has 0 fully saturated rings. The van der Waals surface area contributed by atoms with E-state index >= 15 is 0 Å². The highest BCUT2D eigenvalue weighted by Crippen LogP contribution is 2.24. The highest BCUT2D eigenvalue weighted by molar-refractivity contribution is 5.85. The van der Waals surface area contributed by atoms with E-state index in [2.05, 4.69) is 5.32 Å². The molecule has 0 aliphatic heterocycles. The Morgan fingerprint density at radius 3 is 2.14 bits per heavy atom. The van der Waals surface area contributed by atoms with Crippen molar-refractivity contribution in [1.82, 2.24) is 9.88 Å². The lowest BCUT2D eigenvalue weighted by Gasteiger charge is -2.24. The van der Waals surface area contributed by atoms with Gasteiger partial charge in [-0.2, -0.15) is 0 Å². The van der Waals surface area contributed by atoms with Gasteiger partial charge in [-0.05, 0) is 29.2 Å². The number of carbonyl (C=O) groups excluding carboxylic acids is 1. The van der Waals surface area contributed by atoms with Crippen molar-refractivity contribution in [3.63, 3.8) is 0 Å². The molecule has 8 heteroatoms. The van der Waals surface area contributed by atoms with Gasteiger partial charge in [-0.25, -0.2) is 4.79 Å². The number of nitrogens with one attached hydrogen (secondary N) is 1. The Morgan fingerprint density at radius 1 is 0.861 bits per heavy atom. The number of hydrogen-bond donors (Lipinski definition) is 3. The Hall–Kier alpha value is -4.14. The fraction of sp³-hybridized carbons (Fsp3) is 0.214. The number of aliphatic hydroxyl groups excluding tert-OH is 1. The second kappa shape index (κ2) is 12.0. The molecule has 1 aromatic heterocycles. The molecule has 2 atom stereocenters. The normalized spacial score (nSPS) is 12.7. The van der Waals surface area contributed by atoms with Crippen LogP contribution < -0.4 is 5.32 Å². The Balaban J connectivity index is 1.52. The van der Waals surface area contributed by atoms with E-state index in [1.165, 1.54) is 0 Å². The Labute approximate surface area is 208 Å². The number of benzene rings is 3. The number of aliphatic carboxylic acids is 1. The zero-order chi connectivity index (χ0) is 25.3. The molecule has 3 N–H and O–H groups in total. The van der Waals surface area contributed by atoms with Crippen LogP contribution in [0, 0.1) is 0 Å². The Morgan fingerprint density at radius 2 is 1.47 bits per heavy atom. The summed E-state index contributed by atoms with van der Waals surface area (Å²) in [5.74, 6) is -0.965. The lowest BCUT2D eigenvalue weighted by atomic mass is 10.0. The molecule has 4 aromatic rings. The standard InChI is InChI=1S/C28H28N2O6/c31-26(32)17-30-16-22(23-13-7-8-14-25(23)30)15-24(27(33)35-18-20-9-3-1-4-10-20)29-28(34)36-19-21-11-5-2-6-12-21/h1-14,16,24,27,33H,15,17-19H2,(H,29,34)(H,31,32)/t24-,27-/m0/s1. The maximum absolute atomic E-state index is 12.6. The molecule has 1 amide bonds. The van der Waals surface area contributed by atoms with Crippen LogP contribution >= 0.6 is 0 Å². The largest absolute Gasteiger partial charge is 0.480 e. The van der Waals surface area contributed by atoms with Crippen molar-refractivity contribution in [1.29, 1.82) is 0 Å². The third kappa shape index (κ3) is 6.71. The molecule has 0 saturated heterocycles. The first-order chi connectivity index (χ1) is 17.5. The zero-order valence-electron chi connectivity index (χ0n) is 19.6. The highest BCUT2D eigenvalue weighted by atomic mass is 16.6. The van der Waals surface area contributed by atoms with E-state index in [9.17, 15) is 19.8 Å². The minimum absolute atomic E-state index is 0.0816. The topological polar surface area (TPSA) is 110 Å². The lowest BCUT2D eigenvalue weighted by molar-refractivity contribution is -0.137. The summed E-state index contributed by atoms with van der Waals surface area (Å²) in [5, 5.41) is 23.8. The zero-order valence-corrected chi connectivity index (χ0v) is 19.6. The second-order valence-corrected chi connectivity index (χ2v) is 8.40. The van der Waals surface area contributed by atoms with Crippen LogP contribution in [0.5, 0.6) is 0 Å². The van der Waals surface area contributed by atoms with Gasteiger partial charge < -0.3 is 29.6 Å². The number of ether oxygens (including phenoxy) is 2. The summed E-state index contributed by atoms with van der Waals surface area (Å²) in [6.45, 7) is 0.0308. The van der Waals surface area contributed by atoms with Gasteiger partial charge in [-0.1, -0.05) is 78.9 Å². The van der Waals surface area contributed by atoms with E-state index < -0.39 is 24.4 Å². The summed E-state index contributed by atoms with van der Waals surface area (Å²) in [6, 6.07) is 25.2. The van der Waals surface area contributed by atoms with Crippen LogP contribution in [0.15, 0.2) is 91.1 Å². The van der Waals surface area contributed by atoms with Crippen molar-refractivity contribution >= 4 is 23.0 Å². The number of hydrogen-bond acceptors (Lipinski definition) is 5. The van der Waals surface area contributed by atoms with Gasteiger partial charge in [0, 0.05) is 17.1 Å². The van der Waals surface area contributed by atoms with Gasteiger partial charge in [0.1, 0.15) is 13.2 Å². The maximum atomic E-state index is 12.6. The fourth-order valence-electron chi connectivity index (χ4n) is 4.01. The lowest BCUT2D eigenvalue weighted by Crippen LogP contribution is -2.46. The van der Waals surface area contributed by atoms with Gasteiger partial charge >= 0.3 is 12.1 Å². The molecule has 0 aliphatic carbocycles. The van der Waals surface area contributed by atoms with Crippen LogP contribution in [0.3, 0.4) is 0 Å². The van der Waals surface area contributed by atoms with Crippen molar-refractivity contribution < 1.29 is 29.3 Å². The number of nitrogens with zero attached hydrogens (tertiary/aromatic N) is 1. The predicted molar refractivity (Wildman–Crippen MR) is 134 cm³/mol. The van der Waals surface area contributed by atoms with Crippen LogP contribution in [0.4, 0.5) is 4.79 Å². The first kappa shape index (κ1) is 25.0. The number of amides is 1. The number of rotatable bonds is 11. The molecule has 186 valence electrons. The Kier molecular flexibility index (Phi) is 8.33. The van der Waals surface area contributed by atoms with Gasteiger partial charge in [0.15, 0.2) is 6.29 Å². The molecule has 4 rings (SSSR count). The number of aromatic nitrogens is 1. The molecular formula is C28H28N2O6. The molecular weight excluding hydrogens is 460 g/mol. The molecule has 8 nitrogen and oxygen atoms in total. The average molecular weight is 489 g/mol. The molecule has 0 radical (unpaired) electrons. The second-order valence-electron chi connectivity index (χ2n) is 8.40. The van der Waals surface area contributed by atoms with Crippen molar-refractivity contribution in [2.24, 2.45) is 0 Å². The minimum Gasteiger partial charge on any atom is -0.480 e. The SMILES string of the molecule is O=C(O)Cn1cc(C[C@H](NC(=O)OCc2ccccc2)[C@@H](O)OCc2ccccc2)c2ccccc21. The van der Waals surface area contributed by atoms with Crippen LogP contribution in [0.25, 0.3) is 10.9 Å². The van der Waals surface area contributed by atoms with Crippen molar-refractivity contribution in [2.75, 3.05) is 0 Å². The van der Waals surface area contributed by atoms with E-state index in [0.717, 1.165) is 27.6 Å². The first-order valence-electron chi connectivity index (χ1n) is 11.6. The number of carbonyl (C=O) groups is 2. The van der Waals surface area contributed by atoms with Crippen LogP contribution in [0.1, 0.15) is 16.7 Å². The highest BCUT2D eigenvalue weighted by Gasteiger charge is 2.25. The first-order valence-corrected chi connectivity index (χ1v) is 11.6. The molecule has 0 spiro atoms. The van der Waals surface area contributed by atoms with E-state index in [4.69, 9.17) is 9.47 Å². The quantitative estimate of drug-likeness (QED) is 0.274. The van der Waals surface area contributed by atoms with Gasteiger partial charge in [0.25, 0.3) is 0 Å². The van der Waals surface area contributed by atoms with E-state index in [0.29, 0.717) is 0 Å². The average Bonchev–Trinajstić information content (AvgIpc) is 3.23. The summed E-state index contributed by atoms with van der Waals surface area (Å²) in [4.78, 5) is 24.0. The minimum atomic E-state index is -1.34. The summed E-state index contributed by atoms with van der Waals surface area (Å²) in [7, 11) is 0. The van der Waals surface area contributed by atoms with E-state index in [1.54, 1.807) is 10.8 Å². The van der Waals surface area contributed by atoms with Crippen LogP contribution in [0.2, 0.25) is 0 Å². The number of alkyl carbamates (subject to hydrolysis) is 1. The summed E-state index contributed by atoms with van der Waals surface area (Å²) >= 11 is 0. The van der Waals surface area contributed by atoms with Crippen LogP contribution in [-0.2, 0) is 40.4 Å². The molecule has 36 heavy (non-hydrogen) atoms. The smallest absolute Gasteiger partial charge is 0.407 e. The molecule has 0 bridgehead atoms.